The molecule has 2 heterocycles. The number of allylic oxidation sites excluding steroid dienone is 1. The molecule has 0 aromatic heterocycles. The Labute approximate surface area is 213 Å². The van der Waals surface area contributed by atoms with Crippen molar-refractivity contribution in [1.29, 1.82) is 5.26 Å². The van der Waals surface area contributed by atoms with E-state index >= 15 is 0 Å². The first-order valence-electron chi connectivity index (χ1n) is 9.82. The maximum absolute atomic E-state index is 9.82. The van der Waals surface area contributed by atoms with E-state index < -0.39 is 5.92 Å². The van der Waals surface area contributed by atoms with Gasteiger partial charge in [0, 0.05) is 27.2 Å². The summed E-state index contributed by atoms with van der Waals surface area (Å²) < 4.78 is 23.6. The Hall–Kier alpha value is -2.80. The minimum atomic E-state index is -0.415. The maximum atomic E-state index is 9.82. The number of nitrogens with zero attached hydrogens (tertiary/aromatic N) is 1. The van der Waals surface area contributed by atoms with E-state index in [-0.39, 0.29) is 12.7 Å². The standard InChI is InChI=1S/C24H15Cl2IN2O4/c25-14-3-1-13(17(26)6-14)10-30-19-4-2-12(5-18(19)27)23-15-7-21-22(32-11-31-21)8-20(15)33-24(29)16(23)9-28/h1-8,23H,10-11,29H2/t23-/m0/s1. The summed E-state index contributed by atoms with van der Waals surface area (Å²) in [6.07, 6.45) is 0. The van der Waals surface area contributed by atoms with E-state index in [1.807, 2.05) is 30.3 Å². The Kier molecular flexibility index (Phi) is 5.91. The molecular weight excluding hydrogens is 578 g/mol. The number of fused-ring (bicyclic) bond motifs is 2. The van der Waals surface area contributed by atoms with Gasteiger partial charge in [-0.25, -0.2) is 0 Å². The molecule has 0 bridgehead atoms. The van der Waals surface area contributed by atoms with E-state index in [1.165, 1.54) is 0 Å². The van der Waals surface area contributed by atoms with Crippen LogP contribution in [-0.4, -0.2) is 6.79 Å². The molecule has 0 fully saturated rings. The third kappa shape index (κ3) is 4.14. The van der Waals surface area contributed by atoms with Crippen molar-refractivity contribution in [3.8, 4) is 29.1 Å². The molecule has 5 rings (SSSR count). The number of nitrogens with two attached hydrogens (primary N) is 1. The number of benzene rings is 3. The van der Waals surface area contributed by atoms with Gasteiger partial charge >= 0.3 is 0 Å². The highest BCUT2D eigenvalue weighted by Crippen LogP contribution is 2.48. The lowest BCUT2D eigenvalue weighted by atomic mass is 9.83. The summed E-state index contributed by atoms with van der Waals surface area (Å²) in [5.74, 6) is 2.07. The van der Waals surface area contributed by atoms with Crippen molar-refractivity contribution < 1.29 is 18.9 Å². The first-order chi connectivity index (χ1) is 15.9. The van der Waals surface area contributed by atoms with Crippen LogP contribution in [0.15, 0.2) is 60.0 Å². The molecule has 3 aromatic carbocycles. The number of halogens is 3. The third-order valence-corrected chi connectivity index (χ3v) is 6.83. The lowest BCUT2D eigenvalue weighted by molar-refractivity contribution is 0.174. The van der Waals surface area contributed by atoms with E-state index in [0.717, 1.165) is 20.3 Å². The lowest BCUT2D eigenvalue weighted by Crippen LogP contribution is -2.21. The van der Waals surface area contributed by atoms with Gasteiger partial charge in [0.05, 0.1) is 9.49 Å². The molecule has 0 spiro atoms. The van der Waals surface area contributed by atoms with E-state index in [4.69, 9.17) is 47.9 Å². The van der Waals surface area contributed by atoms with Crippen LogP contribution in [0.5, 0.6) is 23.0 Å². The summed E-state index contributed by atoms with van der Waals surface area (Å²) in [6, 6.07) is 16.8. The van der Waals surface area contributed by atoms with Gasteiger partial charge in [-0.3, -0.25) is 0 Å². The second-order valence-electron chi connectivity index (χ2n) is 7.38. The Morgan fingerprint density at radius 3 is 2.58 bits per heavy atom. The quantitative estimate of drug-likeness (QED) is 0.367. The number of hydrogen-bond donors (Lipinski definition) is 1. The molecule has 0 saturated heterocycles. The van der Waals surface area contributed by atoms with Crippen molar-refractivity contribution in [3.05, 3.63) is 90.3 Å². The average molecular weight is 593 g/mol. The van der Waals surface area contributed by atoms with Crippen LogP contribution in [0.4, 0.5) is 0 Å². The first-order valence-corrected chi connectivity index (χ1v) is 11.7. The summed E-state index contributed by atoms with van der Waals surface area (Å²) in [4.78, 5) is 0. The van der Waals surface area contributed by atoms with Gasteiger partial charge in [0.25, 0.3) is 0 Å². The van der Waals surface area contributed by atoms with Crippen molar-refractivity contribution in [3.63, 3.8) is 0 Å². The van der Waals surface area contributed by atoms with E-state index in [2.05, 4.69) is 28.7 Å². The number of rotatable bonds is 4. The van der Waals surface area contributed by atoms with E-state index in [9.17, 15) is 5.26 Å². The molecule has 2 aliphatic heterocycles. The highest BCUT2D eigenvalue weighted by atomic mass is 127. The van der Waals surface area contributed by atoms with E-state index in [0.29, 0.717) is 45.2 Å². The van der Waals surface area contributed by atoms with Crippen LogP contribution in [0.1, 0.15) is 22.6 Å². The van der Waals surface area contributed by atoms with E-state index in [1.54, 1.807) is 18.2 Å². The molecule has 0 aliphatic carbocycles. The molecule has 0 saturated carbocycles. The molecule has 9 heteroatoms. The Bertz CT molecular complexity index is 1350. The lowest BCUT2D eigenvalue weighted by Gasteiger charge is -2.27. The van der Waals surface area contributed by atoms with Crippen LogP contribution in [0.25, 0.3) is 0 Å². The molecule has 2 aliphatic rings. The normalized spacial score (nSPS) is 16.1. The van der Waals surface area contributed by atoms with Crippen molar-refractivity contribution in [1.82, 2.24) is 0 Å². The average Bonchev–Trinajstić information content (AvgIpc) is 3.24. The predicted molar refractivity (Wildman–Crippen MR) is 132 cm³/mol. The molecule has 3 aromatic rings. The van der Waals surface area contributed by atoms with Gasteiger partial charge in [-0.05, 0) is 58.5 Å². The smallest absolute Gasteiger partial charge is 0.231 e. The van der Waals surface area contributed by atoms with Crippen molar-refractivity contribution in [2.45, 2.75) is 12.5 Å². The fourth-order valence-corrected chi connectivity index (χ4v) is 4.96. The van der Waals surface area contributed by atoms with Gasteiger partial charge < -0.3 is 24.7 Å². The van der Waals surface area contributed by atoms with Crippen molar-refractivity contribution in [2.75, 3.05) is 6.79 Å². The molecule has 0 unspecified atom stereocenters. The summed E-state index contributed by atoms with van der Waals surface area (Å²) in [5.41, 5.74) is 8.91. The molecule has 0 amide bonds. The summed E-state index contributed by atoms with van der Waals surface area (Å²) in [7, 11) is 0. The Balaban J connectivity index is 1.48. The van der Waals surface area contributed by atoms with Crippen LogP contribution >= 0.6 is 45.8 Å². The minimum absolute atomic E-state index is 0.0709. The van der Waals surface area contributed by atoms with Gasteiger partial charge in [-0.15, -0.1) is 0 Å². The molecule has 1 atom stereocenters. The number of hydrogen-bond acceptors (Lipinski definition) is 6. The van der Waals surface area contributed by atoms with Gasteiger partial charge in [-0.1, -0.05) is 35.3 Å². The van der Waals surface area contributed by atoms with Crippen LogP contribution in [0, 0.1) is 14.9 Å². The fraction of sp³-hybridized carbons (Fsp3) is 0.125. The summed E-state index contributed by atoms with van der Waals surface area (Å²) in [6.45, 7) is 0.434. The van der Waals surface area contributed by atoms with Crippen LogP contribution in [0.2, 0.25) is 10.0 Å². The van der Waals surface area contributed by atoms with Gasteiger partial charge in [-0.2, -0.15) is 5.26 Å². The van der Waals surface area contributed by atoms with Crippen molar-refractivity contribution >= 4 is 45.8 Å². The topological polar surface area (TPSA) is 86.7 Å². The molecule has 33 heavy (non-hydrogen) atoms. The largest absolute Gasteiger partial charge is 0.488 e. The third-order valence-electron chi connectivity index (χ3n) is 5.40. The zero-order valence-corrected chi connectivity index (χ0v) is 20.6. The first kappa shape index (κ1) is 22.0. The molecule has 0 radical (unpaired) electrons. The molecule has 6 nitrogen and oxygen atoms in total. The number of nitriles is 1. The van der Waals surface area contributed by atoms with Crippen LogP contribution in [-0.2, 0) is 6.61 Å². The minimum Gasteiger partial charge on any atom is -0.488 e. The highest BCUT2D eigenvalue weighted by Gasteiger charge is 2.33. The molecule has 166 valence electrons. The Morgan fingerprint density at radius 1 is 1.06 bits per heavy atom. The SMILES string of the molecule is N#CC1=C(N)Oc2cc3c(cc2[C@@H]1c1ccc(OCc2ccc(Cl)cc2Cl)c(I)c1)OCO3. The summed E-state index contributed by atoms with van der Waals surface area (Å²) >= 11 is 14.4. The molecular formula is C24H15Cl2IN2O4. The van der Waals surface area contributed by atoms with Crippen LogP contribution < -0.4 is 24.7 Å². The van der Waals surface area contributed by atoms with Gasteiger partial charge in [0.2, 0.25) is 12.7 Å². The second-order valence-corrected chi connectivity index (χ2v) is 9.39. The zero-order chi connectivity index (χ0) is 23.1. The second kappa shape index (κ2) is 8.86. The van der Waals surface area contributed by atoms with Gasteiger partial charge in [0.15, 0.2) is 11.5 Å². The summed E-state index contributed by atoms with van der Waals surface area (Å²) in [5, 5.41) is 10.9. The fourth-order valence-electron chi connectivity index (χ4n) is 3.80. The highest BCUT2D eigenvalue weighted by molar-refractivity contribution is 14.1. The van der Waals surface area contributed by atoms with Crippen LogP contribution in [0.3, 0.4) is 0 Å². The Morgan fingerprint density at radius 2 is 1.85 bits per heavy atom. The zero-order valence-electron chi connectivity index (χ0n) is 16.9. The monoisotopic (exact) mass is 592 g/mol. The number of ether oxygens (including phenoxy) is 4. The van der Waals surface area contributed by atoms with Gasteiger partial charge in [0.1, 0.15) is 29.7 Å². The predicted octanol–water partition coefficient (Wildman–Crippen LogP) is 6.12. The van der Waals surface area contributed by atoms with Crippen molar-refractivity contribution in [2.24, 2.45) is 5.73 Å². The maximum Gasteiger partial charge on any atom is 0.231 e. The molecule has 2 N–H and O–H groups in total.